The van der Waals surface area contributed by atoms with Crippen LogP contribution in [0.3, 0.4) is 0 Å². The molecule has 0 aromatic heterocycles. The van der Waals surface area contributed by atoms with Gasteiger partial charge in [0.15, 0.2) is 0 Å². The zero-order chi connectivity index (χ0) is 45.9. The molecule has 0 radical (unpaired) electrons. The van der Waals surface area contributed by atoms with Crippen LogP contribution in [-0.2, 0) is 19.1 Å². The first-order chi connectivity index (χ1) is 30.9. The normalized spacial score (nSPS) is 16.5. The molecule has 1 N–H and O–H groups in total. The van der Waals surface area contributed by atoms with Crippen molar-refractivity contribution >= 4 is 11.9 Å². The lowest BCUT2D eigenvalue weighted by Crippen LogP contribution is -2.44. The van der Waals surface area contributed by atoms with Gasteiger partial charge in [0, 0.05) is 32.0 Å². The Labute approximate surface area is 393 Å². The van der Waals surface area contributed by atoms with Crippen molar-refractivity contribution in [2.45, 2.75) is 291 Å². The summed E-state index contributed by atoms with van der Waals surface area (Å²) in [5.74, 6) is 1.03. The third-order valence-corrected chi connectivity index (χ3v) is 14.2. The van der Waals surface area contributed by atoms with E-state index >= 15 is 0 Å². The van der Waals surface area contributed by atoms with Gasteiger partial charge in [0.05, 0.1) is 19.3 Å². The molecule has 1 aliphatic carbocycles. The van der Waals surface area contributed by atoms with E-state index in [1.807, 2.05) is 0 Å². The van der Waals surface area contributed by atoms with Crippen LogP contribution in [0.1, 0.15) is 279 Å². The third-order valence-electron chi connectivity index (χ3n) is 14.2. The fourth-order valence-corrected chi connectivity index (χ4v) is 9.76. The number of carbonyl (C=O) groups excluding carboxylic acids is 2. The summed E-state index contributed by atoms with van der Waals surface area (Å²) in [5.41, 5.74) is 0. The molecule has 374 valence electrons. The van der Waals surface area contributed by atoms with Gasteiger partial charge in [-0.25, -0.2) is 0 Å². The molecule has 7 heteroatoms. The number of carbonyl (C=O) groups is 2. The van der Waals surface area contributed by atoms with Crippen LogP contribution in [-0.4, -0.2) is 84.9 Å². The molecule has 2 unspecified atom stereocenters. The highest BCUT2D eigenvalue weighted by Crippen LogP contribution is 2.25. The number of ether oxygens (including phenoxy) is 2. The second-order valence-corrected chi connectivity index (χ2v) is 20.2. The lowest BCUT2D eigenvalue weighted by Gasteiger charge is -2.37. The summed E-state index contributed by atoms with van der Waals surface area (Å²) >= 11 is 0. The van der Waals surface area contributed by atoms with Crippen LogP contribution in [0.2, 0.25) is 0 Å². The number of nitrogens with zero attached hydrogens (tertiary/aromatic N) is 2. The van der Waals surface area contributed by atoms with E-state index in [2.05, 4.69) is 44.4 Å². The molecular weight excluding hydrogens is 781 g/mol. The maximum Gasteiger partial charge on any atom is 0.305 e. The standard InChI is InChI=1S/C56H110N2O5/c1-6-11-16-20-22-28-36-51(34-26-18-13-8-3)49-62-55(60)38-30-24-32-44-57(47-48-58(46-15-10-5)53-40-42-54(59)43-41-53)45-33-25-31-39-56(61)63-50-52(35-27-19-14-9-4)37-29-23-21-17-12-7-2/h51-54,59H,6-50H2,1-5H3. The molecule has 63 heavy (non-hydrogen) atoms. The fourth-order valence-electron chi connectivity index (χ4n) is 9.76. The second kappa shape index (κ2) is 44.6. The van der Waals surface area contributed by atoms with Crippen LogP contribution in [0, 0.1) is 11.8 Å². The van der Waals surface area contributed by atoms with E-state index in [1.54, 1.807) is 0 Å². The van der Waals surface area contributed by atoms with E-state index < -0.39 is 0 Å². The molecule has 1 saturated carbocycles. The third kappa shape index (κ3) is 36.6. The Balaban J connectivity index is 2.61. The predicted octanol–water partition coefficient (Wildman–Crippen LogP) is 15.6. The first-order valence-corrected chi connectivity index (χ1v) is 28.3. The molecule has 0 amide bonds. The first-order valence-electron chi connectivity index (χ1n) is 28.3. The van der Waals surface area contributed by atoms with Gasteiger partial charge in [-0.3, -0.25) is 14.5 Å². The molecule has 0 bridgehead atoms. The lowest BCUT2D eigenvalue weighted by molar-refractivity contribution is -0.146. The van der Waals surface area contributed by atoms with Gasteiger partial charge in [-0.1, -0.05) is 182 Å². The predicted molar refractivity (Wildman–Crippen MR) is 271 cm³/mol. The van der Waals surface area contributed by atoms with Gasteiger partial charge in [0.25, 0.3) is 0 Å². The van der Waals surface area contributed by atoms with E-state index in [9.17, 15) is 14.7 Å². The SMILES string of the molecule is CCCCCCCCC(CCCCCC)COC(=O)CCCCCN(CCCCCC(=O)OCC(CCCCCC)CCCCCCCC)CCN(CCCC)C1CCC(O)CC1. The summed E-state index contributed by atoms with van der Waals surface area (Å²) in [4.78, 5) is 31.2. The van der Waals surface area contributed by atoms with Gasteiger partial charge >= 0.3 is 11.9 Å². The van der Waals surface area contributed by atoms with Gasteiger partial charge in [-0.05, 0) is 115 Å². The maximum atomic E-state index is 12.9. The van der Waals surface area contributed by atoms with Gasteiger partial charge < -0.3 is 19.5 Å². The van der Waals surface area contributed by atoms with Gasteiger partial charge in [-0.15, -0.1) is 0 Å². The van der Waals surface area contributed by atoms with Crippen molar-refractivity contribution in [1.29, 1.82) is 0 Å². The quantitative estimate of drug-likeness (QED) is 0.0482. The van der Waals surface area contributed by atoms with E-state index in [-0.39, 0.29) is 18.0 Å². The summed E-state index contributed by atoms with van der Waals surface area (Å²) in [6.07, 6.45) is 44.4. The number of aliphatic hydroxyl groups is 1. The van der Waals surface area contributed by atoms with Gasteiger partial charge in [-0.2, -0.15) is 0 Å². The summed E-state index contributed by atoms with van der Waals surface area (Å²) < 4.78 is 11.8. The van der Waals surface area contributed by atoms with Crippen LogP contribution in [0.25, 0.3) is 0 Å². The van der Waals surface area contributed by atoms with Gasteiger partial charge in [0.2, 0.25) is 0 Å². The van der Waals surface area contributed by atoms with E-state index in [0.717, 1.165) is 96.9 Å². The molecule has 0 heterocycles. The van der Waals surface area contributed by atoms with Crippen molar-refractivity contribution in [3.8, 4) is 0 Å². The minimum absolute atomic E-state index is 0.00338. The summed E-state index contributed by atoms with van der Waals surface area (Å²) in [6.45, 7) is 18.0. The Morgan fingerprint density at radius 1 is 0.429 bits per heavy atom. The van der Waals surface area contributed by atoms with Crippen molar-refractivity contribution in [2.75, 3.05) is 45.9 Å². The van der Waals surface area contributed by atoms with E-state index in [1.165, 1.54) is 167 Å². The fraction of sp³-hybridized carbons (Fsp3) is 0.964. The highest BCUT2D eigenvalue weighted by Gasteiger charge is 2.25. The van der Waals surface area contributed by atoms with Crippen molar-refractivity contribution in [3.63, 3.8) is 0 Å². The number of rotatable bonds is 47. The highest BCUT2D eigenvalue weighted by molar-refractivity contribution is 5.69. The van der Waals surface area contributed by atoms with E-state index in [4.69, 9.17) is 9.47 Å². The minimum Gasteiger partial charge on any atom is -0.465 e. The molecule has 0 aliphatic heterocycles. The summed E-state index contributed by atoms with van der Waals surface area (Å²) in [7, 11) is 0. The lowest BCUT2D eigenvalue weighted by atomic mass is 9.92. The Morgan fingerprint density at radius 2 is 0.794 bits per heavy atom. The minimum atomic E-state index is -0.121. The largest absolute Gasteiger partial charge is 0.465 e. The molecule has 2 atom stereocenters. The van der Waals surface area contributed by atoms with Crippen molar-refractivity contribution in [1.82, 2.24) is 9.80 Å². The summed E-state index contributed by atoms with van der Waals surface area (Å²) in [5, 5.41) is 10.2. The molecule has 0 saturated heterocycles. The number of unbranched alkanes of at least 4 members (excludes halogenated alkanes) is 21. The number of hydrogen-bond acceptors (Lipinski definition) is 7. The topological polar surface area (TPSA) is 79.3 Å². The van der Waals surface area contributed by atoms with Crippen LogP contribution in [0.4, 0.5) is 0 Å². The number of aliphatic hydroxyl groups excluding tert-OH is 1. The maximum absolute atomic E-state index is 12.9. The summed E-state index contributed by atoms with van der Waals surface area (Å²) in [6, 6.07) is 0.585. The molecule has 1 aliphatic rings. The monoisotopic (exact) mass is 891 g/mol. The van der Waals surface area contributed by atoms with Crippen molar-refractivity contribution in [3.05, 3.63) is 0 Å². The Bertz CT molecular complexity index is 929. The molecule has 0 spiro atoms. The molecule has 7 nitrogen and oxygen atoms in total. The van der Waals surface area contributed by atoms with Crippen LogP contribution in [0.15, 0.2) is 0 Å². The Kier molecular flexibility index (Phi) is 42.4. The Morgan fingerprint density at radius 3 is 1.21 bits per heavy atom. The van der Waals surface area contributed by atoms with Crippen LogP contribution < -0.4 is 0 Å². The van der Waals surface area contributed by atoms with Gasteiger partial charge in [0.1, 0.15) is 0 Å². The molecule has 0 aromatic carbocycles. The average Bonchev–Trinajstić information content (AvgIpc) is 3.29. The van der Waals surface area contributed by atoms with Crippen molar-refractivity contribution in [2.24, 2.45) is 11.8 Å². The average molecular weight is 892 g/mol. The van der Waals surface area contributed by atoms with Crippen LogP contribution >= 0.6 is 0 Å². The Hall–Kier alpha value is -1.18. The molecular formula is C56H110N2O5. The zero-order valence-corrected chi connectivity index (χ0v) is 43.1. The van der Waals surface area contributed by atoms with E-state index in [0.29, 0.717) is 43.9 Å². The first kappa shape index (κ1) is 59.8. The smallest absolute Gasteiger partial charge is 0.305 e. The highest BCUT2D eigenvalue weighted by atomic mass is 16.5. The second-order valence-electron chi connectivity index (χ2n) is 20.2. The molecule has 0 aromatic rings. The molecule has 1 rings (SSSR count). The number of esters is 2. The zero-order valence-electron chi connectivity index (χ0n) is 43.1. The molecule has 1 fully saturated rings. The number of hydrogen-bond donors (Lipinski definition) is 1. The van der Waals surface area contributed by atoms with Crippen LogP contribution in [0.5, 0.6) is 0 Å². The van der Waals surface area contributed by atoms with Crippen molar-refractivity contribution < 1.29 is 24.2 Å².